The molecule has 0 saturated heterocycles. The van der Waals surface area contributed by atoms with E-state index in [-0.39, 0.29) is 12.4 Å². The summed E-state index contributed by atoms with van der Waals surface area (Å²) in [7, 11) is 0. The van der Waals surface area contributed by atoms with Crippen molar-refractivity contribution in [2.75, 3.05) is 0 Å². The Kier molecular flexibility index (Phi) is 5.31. The van der Waals surface area contributed by atoms with Gasteiger partial charge >= 0.3 is 184 Å². The Bertz CT molecular complexity index is 1070. The molecule has 32 heavy (non-hydrogen) atoms. The van der Waals surface area contributed by atoms with E-state index in [0.717, 1.165) is 17.9 Å². The van der Waals surface area contributed by atoms with Crippen LogP contribution in [0.25, 0.3) is 0 Å². The minimum atomic E-state index is -5.84. The first kappa shape index (κ1) is 26.8. The summed E-state index contributed by atoms with van der Waals surface area (Å²) in [6.45, 7) is 8.85. The fourth-order valence-corrected chi connectivity index (χ4v) is 13.9. The number of para-hydroxylation sites is 2. The van der Waals surface area contributed by atoms with E-state index in [1.807, 2.05) is 0 Å². The van der Waals surface area contributed by atoms with Crippen LogP contribution in [0.4, 0.5) is 0 Å². The first-order valence-electron chi connectivity index (χ1n) is 11.8. The van der Waals surface area contributed by atoms with E-state index >= 15 is 0 Å². The van der Waals surface area contributed by atoms with Gasteiger partial charge < -0.3 is 0 Å². The van der Waals surface area contributed by atoms with E-state index in [0.29, 0.717) is 11.8 Å². The molecule has 0 aromatic heterocycles. The SMILES string of the molecule is CC(C)c1ccccc1[O][Ti]([CH3])([CH3])([CH3])([CH3])([CH3])([O]c1ccccc1C(C)C)[C]1=CC=CC1.Cl. The van der Waals surface area contributed by atoms with E-state index in [2.05, 4.69) is 121 Å². The number of allylic oxidation sites excluding steroid dienone is 4. The van der Waals surface area contributed by atoms with Crippen molar-refractivity contribution in [3.63, 3.8) is 0 Å². The molecule has 2 aromatic rings. The molecule has 0 unspecified atom stereocenters. The molecule has 3 rings (SSSR count). The second-order valence-corrected chi connectivity index (χ2v) is 43.9. The molecule has 2 aromatic carbocycles. The van der Waals surface area contributed by atoms with Gasteiger partial charge in [-0.05, 0) is 0 Å². The van der Waals surface area contributed by atoms with Gasteiger partial charge in [0.25, 0.3) is 0 Å². The molecular formula is C28H43ClO2Ti. The summed E-state index contributed by atoms with van der Waals surface area (Å²) >= 11 is -5.84. The minimum absolute atomic E-state index is 0. The molecule has 0 fully saturated rings. The third-order valence-electron chi connectivity index (χ3n) is 7.15. The Morgan fingerprint density at radius 2 is 1.09 bits per heavy atom. The fraction of sp³-hybridized carbons (Fsp3) is 0.429. The number of hydrogen-bond acceptors (Lipinski definition) is 2. The van der Waals surface area contributed by atoms with Crippen molar-refractivity contribution in [1.29, 1.82) is 0 Å². The van der Waals surface area contributed by atoms with Crippen molar-refractivity contribution in [2.45, 2.75) is 72.1 Å². The van der Waals surface area contributed by atoms with Gasteiger partial charge in [0.05, 0.1) is 0 Å². The normalized spacial score (nSPS) is 18.7. The molecule has 0 aliphatic heterocycles. The van der Waals surface area contributed by atoms with Crippen LogP contribution in [-0.2, 0) is 12.2 Å². The van der Waals surface area contributed by atoms with Crippen molar-refractivity contribution in [1.82, 2.24) is 0 Å². The Balaban J connectivity index is 0.00000363. The number of hydrogen-bond donors (Lipinski definition) is 0. The van der Waals surface area contributed by atoms with Gasteiger partial charge in [-0.2, -0.15) is 0 Å². The maximum atomic E-state index is 7.50. The number of halogens is 1. The van der Waals surface area contributed by atoms with Gasteiger partial charge in [-0.25, -0.2) is 0 Å². The summed E-state index contributed by atoms with van der Waals surface area (Å²) in [5.74, 6) is 2.50. The molecule has 0 heterocycles. The molecule has 4 heteroatoms. The monoisotopic (exact) mass is 494 g/mol. The maximum Gasteiger partial charge on any atom is -0.147 e. The second kappa shape index (κ2) is 6.35. The quantitative estimate of drug-likeness (QED) is 0.356. The first-order chi connectivity index (χ1) is 13.9. The van der Waals surface area contributed by atoms with Gasteiger partial charge in [0.15, 0.2) is 0 Å². The Hall–Kier alpha value is -1.48. The van der Waals surface area contributed by atoms with Gasteiger partial charge in [-0.3, -0.25) is 0 Å². The van der Waals surface area contributed by atoms with E-state index < -0.39 is 12.2 Å². The summed E-state index contributed by atoms with van der Waals surface area (Å²) in [5.41, 5.74) is 2.40. The van der Waals surface area contributed by atoms with Crippen LogP contribution in [0.15, 0.2) is 70.6 Å². The standard InChI is InChI=1S/2C9H12O.C5H5.5CH3.ClH.Ti/c2*1-7(2)8-5-3-4-6-9(8)10;1-2-4-5-3-1;;;;;;;/h2*3-7,10H,1-2H3;1-3H,4H2;5*1H3;1H;/q;;;;;;;;;+2/p-2. The summed E-state index contributed by atoms with van der Waals surface area (Å²) in [6.07, 6.45) is 7.38. The Labute approximate surface area is 195 Å². The van der Waals surface area contributed by atoms with Crippen LogP contribution in [0.5, 0.6) is 11.5 Å². The molecule has 2 nitrogen and oxygen atoms in total. The van der Waals surface area contributed by atoms with Crippen molar-refractivity contribution in [3.05, 3.63) is 81.8 Å². The number of benzene rings is 2. The predicted octanol–water partition coefficient (Wildman–Crippen LogP) is 10.0. The van der Waals surface area contributed by atoms with Crippen LogP contribution in [0.1, 0.15) is 57.1 Å². The molecule has 1 aliphatic carbocycles. The zero-order valence-electron chi connectivity index (χ0n) is 21.4. The van der Waals surface area contributed by atoms with Crippen LogP contribution in [0, 0.1) is 0 Å². The topological polar surface area (TPSA) is 18.5 Å². The van der Waals surface area contributed by atoms with Gasteiger partial charge in [-0.1, -0.05) is 0 Å². The van der Waals surface area contributed by atoms with Crippen molar-refractivity contribution >= 4 is 12.4 Å². The van der Waals surface area contributed by atoms with Crippen LogP contribution in [0.3, 0.4) is 0 Å². The Morgan fingerprint density at radius 1 is 0.688 bits per heavy atom. The average molecular weight is 495 g/mol. The fourth-order valence-electron chi connectivity index (χ4n) is 5.08. The molecule has 0 N–H and O–H groups in total. The summed E-state index contributed by atoms with van der Waals surface area (Å²) in [5, 5.41) is 11.4. The molecule has 0 bridgehead atoms. The Morgan fingerprint density at radius 3 is 1.44 bits per heavy atom. The zero-order chi connectivity index (χ0) is 23.3. The summed E-state index contributed by atoms with van der Waals surface area (Å²) < 4.78 is 16.2. The smallest absolute Gasteiger partial charge is 0.147 e. The first-order valence-corrected chi connectivity index (χ1v) is 21.7. The number of rotatable bonds is 7. The molecular weight excluding hydrogens is 452 g/mol. The second-order valence-electron chi connectivity index (χ2n) is 15.5. The molecule has 0 atom stereocenters. The maximum absolute atomic E-state index is 7.50. The molecule has 0 spiro atoms. The van der Waals surface area contributed by atoms with Crippen LogP contribution < -0.4 is 6.64 Å². The molecule has 0 amide bonds. The zero-order valence-corrected chi connectivity index (χ0v) is 23.8. The van der Waals surface area contributed by atoms with Crippen LogP contribution >= 0.6 is 12.4 Å². The van der Waals surface area contributed by atoms with Gasteiger partial charge in [0.2, 0.25) is 0 Å². The van der Waals surface area contributed by atoms with Crippen LogP contribution in [-0.4, -0.2) is 0 Å². The molecule has 178 valence electrons. The van der Waals surface area contributed by atoms with Crippen molar-refractivity contribution in [3.8, 4) is 11.5 Å². The van der Waals surface area contributed by atoms with E-state index in [1.165, 1.54) is 15.0 Å². The van der Waals surface area contributed by atoms with Gasteiger partial charge in [0.1, 0.15) is 0 Å². The third-order valence-corrected chi connectivity index (χ3v) is 18.0. The minimum Gasteiger partial charge on any atom is -0.147 e. The van der Waals surface area contributed by atoms with E-state index in [1.54, 1.807) is 0 Å². The van der Waals surface area contributed by atoms with E-state index in [4.69, 9.17) is 6.64 Å². The van der Waals surface area contributed by atoms with Crippen molar-refractivity contribution in [2.24, 2.45) is 0 Å². The predicted molar refractivity (Wildman–Crippen MR) is 141 cm³/mol. The third kappa shape index (κ3) is 4.74. The summed E-state index contributed by atoms with van der Waals surface area (Å²) in [4.78, 5) is 0. The largest absolute Gasteiger partial charge is 0.147 e. The average Bonchev–Trinajstić information content (AvgIpc) is 3.18. The van der Waals surface area contributed by atoms with Gasteiger partial charge in [-0.15, -0.1) is 12.4 Å². The molecule has 0 radical (unpaired) electrons. The molecule has 0 saturated carbocycles. The van der Waals surface area contributed by atoms with Gasteiger partial charge in [0, 0.05) is 0 Å². The summed E-state index contributed by atoms with van der Waals surface area (Å²) in [6, 6.07) is 16.8. The van der Waals surface area contributed by atoms with E-state index in [9.17, 15) is 0 Å². The molecule has 1 aliphatic rings. The van der Waals surface area contributed by atoms with Crippen LogP contribution in [0.2, 0.25) is 26.1 Å². The van der Waals surface area contributed by atoms with Crippen molar-refractivity contribution < 1.29 is 18.9 Å².